The van der Waals surface area contributed by atoms with Crippen molar-refractivity contribution in [3.8, 4) is 0 Å². The van der Waals surface area contributed by atoms with E-state index in [-0.39, 0.29) is 27.6 Å². The van der Waals surface area contributed by atoms with Gasteiger partial charge in [-0.25, -0.2) is 0 Å². The molecule has 8 nitrogen and oxygen atoms in total. The largest absolute Gasteiger partial charge is 0.320 e. The topological polar surface area (TPSA) is 115 Å². The molecule has 22 heavy (non-hydrogen) atoms. The van der Waals surface area contributed by atoms with Crippen LogP contribution < -0.4 is 5.32 Å². The number of anilines is 1. The number of halogens is 1. The number of nitro benzene ring substituents is 2. The average Bonchev–Trinajstić information content (AvgIpc) is 2.49. The van der Waals surface area contributed by atoms with Crippen LogP contribution in [0.5, 0.6) is 0 Å². The zero-order valence-corrected chi connectivity index (χ0v) is 11.6. The van der Waals surface area contributed by atoms with Crippen LogP contribution in [0.1, 0.15) is 10.4 Å². The lowest BCUT2D eigenvalue weighted by Gasteiger charge is -2.07. The number of hydrogen-bond acceptors (Lipinski definition) is 5. The van der Waals surface area contributed by atoms with Crippen LogP contribution in [0.2, 0.25) is 5.02 Å². The fourth-order valence-corrected chi connectivity index (χ4v) is 1.84. The first kappa shape index (κ1) is 15.4. The smallest absolute Gasteiger partial charge is 0.271 e. The summed E-state index contributed by atoms with van der Waals surface area (Å²) >= 11 is 5.87. The summed E-state index contributed by atoms with van der Waals surface area (Å²) in [6, 6.07) is 8.68. The summed E-state index contributed by atoms with van der Waals surface area (Å²) in [6.45, 7) is 0. The van der Waals surface area contributed by atoms with E-state index in [1.807, 2.05) is 0 Å². The Morgan fingerprint density at radius 3 is 2.27 bits per heavy atom. The molecular weight excluding hydrogens is 314 g/mol. The van der Waals surface area contributed by atoms with Gasteiger partial charge in [-0.3, -0.25) is 25.0 Å². The van der Waals surface area contributed by atoms with Crippen LogP contribution in [0.4, 0.5) is 17.1 Å². The zero-order valence-electron chi connectivity index (χ0n) is 10.9. The number of hydrogen-bond donors (Lipinski definition) is 1. The average molecular weight is 322 g/mol. The SMILES string of the molecule is O=C(Nc1cc([N+](=O)[O-])ccc1Cl)c1cccc([N+](=O)[O-])c1. The van der Waals surface area contributed by atoms with Gasteiger partial charge < -0.3 is 5.32 Å². The van der Waals surface area contributed by atoms with Gasteiger partial charge in [0.25, 0.3) is 17.3 Å². The highest BCUT2D eigenvalue weighted by Gasteiger charge is 2.15. The van der Waals surface area contributed by atoms with Crippen LogP contribution >= 0.6 is 11.6 Å². The maximum atomic E-state index is 12.1. The lowest BCUT2D eigenvalue weighted by molar-refractivity contribution is -0.385. The molecule has 0 spiro atoms. The quantitative estimate of drug-likeness (QED) is 0.684. The summed E-state index contributed by atoms with van der Waals surface area (Å²) in [5.41, 5.74) is -0.388. The normalized spacial score (nSPS) is 10.0. The van der Waals surface area contributed by atoms with Crippen LogP contribution in [0, 0.1) is 20.2 Å². The Hall–Kier alpha value is -3.00. The second-order valence-electron chi connectivity index (χ2n) is 4.18. The molecule has 112 valence electrons. The summed E-state index contributed by atoms with van der Waals surface area (Å²) in [4.78, 5) is 32.2. The number of carbonyl (C=O) groups excluding carboxylic acids is 1. The van der Waals surface area contributed by atoms with Gasteiger partial charge in [-0.05, 0) is 12.1 Å². The van der Waals surface area contributed by atoms with Crippen LogP contribution in [-0.4, -0.2) is 15.8 Å². The summed E-state index contributed by atoms with van der Waals surface area (Å²) < 4.78 is 0. The van der Waals surface area contributed by atoms with Crippen molar-refractivity contribution in [1.29, 1.82) is 0 Å². The van der Waals surface area contributed by atoms with Gasteiger partial charge in [0.2, 0.25) is 0 Å². The molecule has 0 saturated heterocycles. The molecule has 0 bridgehead atoms. The molecule has 0 atom stereocenters. The number of nitrogens with one attached hydrogen (secondary N) is 1. The van der Waals surface area contributed by atoms with E-state index in [1.165, 1.54) is 30.3 Å². The number of benzene rings is 2. The molecule has 0 aliphatic rings. The monoisotopic (exact) mass is 321 g/mol. The molecule has 0 saturated carbocycles. The van der Waals surface area contributed by atoms with Gasteiger partial charge in [0.05, 0.1) is 20.6 Å². The number of non-ortho nitro benzene ring substituents is 2. The Labute approximate surface area is 128 Å². The van der Waals surface area contributed by atoms with E-state index in [0.29, 0.717) is 0 Å². The van der Waals surface area contributed by atoms with Crippen LogP contribution in [-0.2, 0) is 0 Å². The molecule has 0 aliphatic carbocycles. The first-order chi connectivity index (χ1) is 10.4. The van der Waals surface area contributed by atoms with Crippen molar-refractivity contribution in [2.45, 2.75) is 0 Å². The molecule has 9 heteroatoms. The first-order valence-electron chi connectivity index (χ1n) is 5.88. The first-order valence-corrected chi connectivity index (χ1v) is 6.26. The highest BCUT2D eigenvalue weighted by Crippen LogP contribution is 2.27. The van der Waals surface area contributed by atoms with Gasteiger partial charge in [0.1, 0.15) is 0 Å². The molecule has 1 N–H and O–H groups in total. The third-order valence-corrected chi connectivity index (χ3v) is 3.06. The Kier molecular flexibility index (Phi) is 4.33. The standard InChI is InChI=1S/C13H8ClN3O5/c14-11-5-4-10(17(21)22)7-12(11)15-13(18)8-2-1-3-9(6-8)16(19)20/h1-7H,(H,15,18). The lowest BCUT2D eigenvalue weighted by atomic mass is 10.2. The van der Waals surface area contributed by atoms with Gasteiger partial charge >= 0.3 is 0 Å². The second-order valence-corrected chi connectivity index (χ2v) is 4.59. The van der Waals surface area contributed by atoms with Gasteiger partial charge in [-0.15, -0.1) is 0 Å². The van der Waals surface area contributed by atoms with Crippen LogP contribution in [0.25, 0.3) is 0 Å². The third kappa shape index (κ3) is 3.36. The minimum Gasteiger partial charge on any atom is -0.320 e. The van der Waals surface area contributed by atoms with E-state index < -0.39 is 15.8 Å². The van der Waals surface area contributed by atoms with Crippen molar-refractivity contribution in [2.24, 2.45) is 0 Å². The Bertz CT molecular complexity index is 778. The number of nitro groups is 2. The molecule has 0 heterocycles. The molecule has 1 amide bonds. The number of carbonyl (C=O) groups is 1. The number of nitrogens with zero attached hydrogens (tertiary/aromatic N) is 2. The molecule has 0 unspecified atom stereocenters. The predicted molar refractivity (Wildman–Crippen MR) is 79.2 cm³/mol. The minimum atomic E-state index is -0.661. The van der Waals surface area contributed by atoms with E-state index in [0.717, 1.165) is 12.1 Å². The molecule has 0 aromatic heterocycles. The number of amides is 1. The summed E-state index contributed by atoms with van der Waals surface area (Å²) in [6.07, 6.45) is 0. The predicted octanol–water partition coefficient (Wildman–Crippen LogP) is 3.41. The number of rotatable bonds is 4. The maximum absolute atomic E-state index is 12.1. The molecule has 2 aromatic carbocycles. The molecule has 2 rings (SSSR count). The summed E-state index contributed by atoms with van der Waals surface area (Å²) in [5, 5.41) is 23.9. The van der Waals surface area contributed by atoms with Gasteiger partial charge in [0, 0.05) is 29.8 Å². The third-order valence-electron chi connectivity index (χ3n) is 2.73. The van der Waals surface area contributed by atoms with Crippen molar-refractivity contribution < 1.29 is 14.6 Å². The molecule has 2 aromatic rings. The summed E-state index contributed by atoms with van der Waals surface area (Å²) in [5.74, 6) is -0.661. The molecule has 0 fully saturated rings. The molecular formula is C13H8ClN3O5. The van der Waals surface area contributed by atoms with Gasteiger partial charge in [-0.2, -0.15) is 0 Å². The van der Waals surface area contributed by atoms with Crippen molar-refractivity contribution in [3.63, 3.8) is 0 Å². The van der Waals surface area contributed by atoms with Crippen LogP contribution in [0.15, 0.2) is 42.5 Å². The lowest BCUT2D eigenvalue weighted by Crippen LogP contribution is -2.12. The van der Waals surface area contributed by atoms with Crippen molar-refractivity contribution in [3.05, 3.63) is 73.3 Å². The van der Waals surface area contributed by atoms with E-state index in [9.17, 15) is 25.0 Å². The summed E-state index contributed by atoms with van der Waals surface area (Å²) in [7, 11) is 0. The fourth-order valence-electron chi connectivity index (χ4n) is 1.68. The van der Waals surface area contributed by atoms with Crippen LogP contribution in [0.3, 0.4) is 0 Å². The van der Waals surface area contributed by atoms with E-state index in [4.69, 9.17) is 11.6 Å². The van der Waals surface area contributed by atoms with E-state index >= 15 is 0 Å². The molecule has 0 radical (unpaired) electrons. The Morgan fingerprint density at radius 2 is 1.64 bits per heavy atom. The van der Waals surface area contributed by atoms with Crippen molar-refractivity contribution in [1.82, 2.24) is 0 Å². The minimum absolute atomic E-state index is 0.0387. The van der Waals surface area contributed by atoms with Gasteiger partial charge in [0.15, 0.2) is 0 Å². The maximum Gasteiger partial charge on any atom is 0.271 e. The van der Waals surface area contributed by atoms with E-state index in [2.05, 4.69) is 5.32 Å². The Balaban J connectivity index is 2.29. The fraction of sp³-hybridized carbons (Fsp3) is 0. The van der Waals surface area contributed by atoms with Crippen molar-refractivity contribution in [2.75, 3.05) is 5.32 Å². The Morgan fingerprint density at radius 1 is 1.00 bits per heavy atom. The highest BCUT2D eigenvalue weighted by atomic mass is 35.5. The second kappa shape index (κ2) is 6.19. The van der Waals surface area contributed by atoms with E-state index in [1.54, 1.807) is 0 Å². The molecule has 0 aliphatic heterocycles. The van der Waals surface area contributed by atoms with Gasteiger partial charge in [-0.1, -0.05) is 17.7 Å². The zero-order chi connectivity index (χ0) is 16.3. The highest BCUT2D eigenvalue weighted by molar-refractivity contribution is 6.34. The van der Waals surface area contributed by atoms with Crippen molar-refractivity contribution >= 4 is 34.6 Å².